The quantitative estimate of drug-likeness (QED) is 0.484. The van der Waals surface area contributed by atoms with Crippen molar-refractivity contribution in [2.45, 2.75) is 0 Å². The van der Waals surface area contributed by atoms with Crippen LogP contribution in [-0.2, 0) is 0 Å². The van der Waals surface area contributed by atoms with Crippen LogP contribution in [0, 0.1) is 11.3 Å². The van der Waals surface area contributed by atoms with E-state index in [9.17, 15) is 4.79 Å². The lowest BCUT2D eigenvalue weighted by atomic mass is 10.2. The highest BCUT2D eigenvalue weighted by Gasteiger charge is 2.12. The molecule has 2 aromatic rings. The van der Waals surface area contributed by atoms with Gasteiger partial charge in [-0.15, -0.1) is 0 Å². The molecular formula is C17H12ClNO3. The van der Waals surface area contributed by atoms with E-state index >= 15 is 0 Å². The van der Waals surface area contributed by atoms with Crippen molar-refractivity contribution in [2.24, 2.45) is 0 Å². The van der Waals surface area contributed by atoms with Gasteiger partial charge in [0.15, 0.2) is 11.5 Å². The first kappa shape index (κ1) is 15.6. The lowest BCUT2D eigenvalue weighted by Crippen LogP contribution is -2.09. The summed E-state index contributed by atoms with van der Waals surface area (Å²) < 4.78 is 10.5. The Morgan fingerprint density at radius 1 is 1.23 bits per heavy atom. The van der Waals surface area contributed by atoms with E-state index < -0.39 is 5.97 Å². The number of carbonyl (C=O) groups excluding carboxylic acids is 1. The average molecular weight is 314 g/mol. The number of carbonyl (C=O) groups is 1. The van der Waals surface area contributed by atoms with Gasteiger partial charge in [0.2, 0.25) is 0 Å². The van der Waals surface area contributed by atoms with Crippen molar-refractivity contribution < 1.29 is 14.3 Å². The van der Waals surface area contributed by atoms with Crippen molar-refractivity contribution in [3.8, 4) is 17.6 Å². The number of benzene rings is 2. The third-order valence-corrected chi connectivity index (χ3v) is 3.04. The maximum atomic E-state index is 12.1. The largest absolute Gasteiger partial charge is 0.493 e. The number of methoxy groups -OCH3 is 1. The monoisotopic (exact) mass is 313 g/mol. The number of nitrogens with zero attached hydrogens (tertiary/aromatic N) is 1. The predicted molar refractivity (Wildman–Crippen MR) is 84.1 cm³/mol. The Labute approximate surface area is 133 Å². The summed E-state index contributed by atoms with van der Waals surface area (Å²) in [6.45, 7) is 0. The van der Waals surface area contributed by atoms with E-state index in [1.165, 1.54) is 19.3 Å². The van der Waals surface area contributed by atoms with Crippen LogP contribution in [0.15, 0.2) is 48.5 Å². The normalized spacial score (nSPS) is 10.2. The molecule has 0 radical (unpaired) electrons. The summed E-state index contributed by atoms with van der Waals surface area (Å²) >= 11 is 5.85. The Balaban J connectivity index is 2.24. The lowest BCUT2D eigenvalue weighted by molar-refractivity contribution is 0.0729. The standard InChI is InChI=1S/C17H12ClNO3/c1-21-16-10-12(4-3-9-19)7-8-15(16)22-17(20)13-5-2-6-14(18)11-13/h2-8,10-11H,1H3/b4-3-. The minimum absolute atomic E-state index is 0.293. The van der Waals surface area contributed by atoms with Crippen LogP contribution >= 0.6 is 11.6 Å². The predicted octanol–water partition coefficient (Wildman–Crippen LogP) is 4.10. The molecule has 0 aliphatic heterocycles. The minimum Gasteiger partial charge on any atom is -0.493 e. The van der Waals surface area contributed by atoms with Gasteiger partial charge in [0.05, 0.1) is 18.7 Å². The number of hydrogen-bond acceptors (Lipinski definition) is 4. The second-order valence-corrected chi connectivity index (χ2v) is 4.71. The molecule has 0 fully saturated rings. The van der Waals surface area contributed by atoms with Crippen molar-refractivity contribution in [1.29, 1.82) is 5.26 Å². The molecule has 0 amide bonds. The van der Waals surface area contributed by atoms with Gasteiger partial charge >= 0.3 is 5.97 Å². The summed E-state index contributed by atoms with van der Waals surface area (Å²) in [5.74, 6) is 0.165. The van der Waals surface area contributed by atoms with Gasteiger partial charge in [0.1, 0.15) is 0 Å². The molecule has 0 saturated carbocycles. The highest BCUT2D eigenvalue weighted by molar-refractivity contribution is 6.30. The highest BCUT2D eigenvalue weighted by Crippen LogP contribution is 2.29. The first-order chi connectivity index (χ1) is 10.6. The minimum atomic E-state index is -0.527. The Morgan fingerprint density at radius 2 is 2.05 bits per heavy atom. The smallest absolute Gasteiger partial charge is 0.343 e. The second kappa shape index (κ2) is 7.30. The number of ether oxygens (including phenoxy) is 2. The molecule has 0 saturated heterocycles. The van der Waals surface area contributed by atoms with Crippen LogP contribution in [0.5, 0.6) is 11.5 Å². The van der Waals surface area contributed by atoms with E-state index in [0.717, 1.165) is 5.56 Å². The van der Waals surface area contributed by atoms with E-state index in [0.29, 0.717) is 22.1 Å². The molecule has 4 nitrogen and oxygen atoms in total. The Kier molecular flexibility index (Phi) is 5.18. The van der Waals surface area contributed by atoms with E-state index in [2.05, 4.69) is 0 Å². The van der Waals surface area contributed by atoms with E-state index in [4.69, 9.17) is 26.3 Å². The van der Waals surface area contributed by atoms with Crippen LogP contribution in [0.3, 0.4) is 0 Å². The fourth-order valence-electron chi connectivity index (χ4n) is 1.78. The zero-order valence-corrected chi connectivity index (χ0v) is 12.5. The van der Waals surface area contributed by atoms with Crippen LogP contribution < -0.4 is 9.47 Å². The van der Waals surface area contributed by atoms with Gasteiger partial charge in [-0.25, -0.2) is 4.79 Å². The molecule has 0 aromatic heterocycles. The number of allylic oxidation sites excluding steroid dienone is 1. The SMILES string of the molecule is COc1cc(/C=C\C#N)ccc1OC(=O)c1cccc(Cl)c1. The molecule has 0 aliphatic carbocycles. The van der Waals surface area contributed by atoms with Crippen LogP contribution in [0.25, 0.3) is 6.08 Å². The zero-order valence-electron chi connectivity index (χ0n) is 11.7. The van der Waals surface area contributed by atoms with Gasteiger partial charge in [0.25, 0.3) is 0 Å². The van der Waals surface area contributed by atoms with E-state index in [1.54, 1.807) is 42.5 Å². The number of hydrogen-bond donors (Lipinski definition) is 0. The summed E-state index contributed by atoms with van der Waals surface area (Å²) in [5, 5.41) is 8.98. The van der Waals surface area contributed by atoms with E-state index in [1.807, 2.05) is 6.07 Å². The van der Waals surface area contributed by atoms with Crippen molar-refractivity contribution >= 4 is 23.6 Å². The van der Waals surface area contributed by atoms with Gasteiger partial charge in [-0.3, -0.25) is 0 Å². The summed E-state index contributed by atoms with van der Waals surface area (Å²) in [4.78, 5) is 12.1. The zero-order chi connectivity index (χ0) is 15.9. The van der Waals surface area contributed by atoms with Gasteiger partial charge in [-0.2, -0.15) is 5.26 Å². The summed E-state index contributed by atoms with van der Waals surface area (Å²) in [7, 11) is 1.48. The Morgan fingerprint density at radius 3 is 2.73 bits per heavy atom. The first-order valence-electron chi connectivity index (χ1n) is 6.36. The van der Waals surface area contributed by atoms with Crippen LogP contribution in [0.2, 0.25) is 5.02 Å². The molecule has 0 aliphatic rings. The second-order valence-electron chi connectivity index (χ2n) is 4.27. The molecule has 0 atom stereocenters. The summed E-state index contributed by atoms with van der Waals surface area (Å²) in [6, 6.07) is 13.4. The van der Waals surface area contributed by atoms with Crippen molar-refractivity contribution in [2.75, 3.05) is 7.11 Å². The fourth-order valence-corrected chi connectivity index (χ4v) is 1.97. The molecule has 0 unspecified atom stereocenters. The first-order valence-corrected chi connectivity index (χ1v) is 6.74. The Bertz CT molecular complexity index is 763. The highest BCUT2D eigenvalue weighted by atomic mass is 35.5. The molecular weight excluding hydrogens is 302 g/mol. The van der Waals surface area contributed by atoms with Gasteiger partial charge in [-0.1, -0.05) is 23.7 Å². The van der Waals surface area contributed by atoms with E-state index in [-0.39, 0.29) is 0 Å². The molecule has 110 valence electrons. The van der Waals surface area contributed by atoms with Crippen LogP contribution in [0.1, 0.15) is 15.9 Å². The third kappa shape index (κ3) is 3.87. The molecule has 0 heterocycles. The van der Waals surface area contributed by atoms with Gasteiger partial charge < -0.3 is 9.47 Å². The number of nitriles is 1. The molecule has 2 aromatic carbocycles. The molecule has 22 heavy (non-hydrogen) atoms. The Hall–Kier alpha value is -2.77. The molecule has 0 bridgehead atoms. The summed E-state index contributed by atoms with van der Waals surface area (Å²) in [6.07, 6.45) is 2.98. The van der Waals surface area contributed by atoms with Gasteiger partial charge in [-0.05, 0) is 42.0 Å². The molecule has 0 N–H and O–H groups in total. The number of rotatable bonds is 4. The maximum absolute atomic E-state index is 12.1. The number of halogens is 1. The van der Waals surface area contributed by atoms with Crippen molar-refractivity contribution in [3.63, 3.8) is 0 Å². The topological polar surface area (TPSA) is 59.3 Å². The summed E-state index contributed by atoms with van der Waals surface area (Å²) in [5.41, 5.74) is 1.11. The van der Waals surface area contributed by atoms with Gasteiger partial charge in [0, 0.05) is 11.1 Å². The third-order valence-electron chi connectivity index (χ3n) is 2.80. The molecule has 5 heteroatoms. The lowest BCUT2D eigenvalue weighted by Gasteiger charge is -2.10. The van der Waals surface area contributed by atoms with Crippen molar-refractivity contribution in [3.05, 3.63) is 64.7 Å². The average Bonchev–Trinajstić information content (AvgIpc) is 2.53. The number of esters is 1. The fraction of sp³-hybridized carbons (Fsp3) is 0.0588. The molecule has 0 spiro atoms. The molecule has 2 rings (SSSR count). The van der Waals surface area contributed by atoms with Crippen LogP contribution in [-0.4, -0.2) is 13.1 Å². The van der Waals surface area contributed by atoms with Crippen LogP contribution in [0.4, 0.5) is 0 Å². The van der Waals surface area contributed by atoms with Crippen molar-refractivity contribution in [1.82, 2.24) is 0 Å². The maximum Gasteiger partial charge on any atom is 0.343 e.